The Bertz CT molecular complexity index is 304. The number of amides is 1. The number of hydrogen-bond acceptors (Lipinski definition) is 1. The van der Waals surface area contributed by atoms with Crippen molar-refractivity contribution in [2.24, 2.45) is 0 Å². The van der Waals surface area contributed by atoms with E-state index in [1.165, 1.54) is 19.3 Å². The molecule has 0 spiro atoms. The van der Waals surface area contributed by atoms with Gasteiger partial charge in [-0.25, -0.2) is 0 Å². The molecule has 2 nitrogen and oxygen atoms in total. The van der Waals surface area contributed by atoms with E-state index in [0.29, 0.717) is 6.04 Å². The first kappa shape index (κ1) is 10.2. The molecule has 0 bridgehead atoms. The SMILES string of the molecule is O=CN(c1cc[c]cc1)C1CCCCC1. The Morgan fingerprint density at radius 2 is 1.87 bits per heavy atom. The highest BCUT2D eigenvalue weighted by Crippen LogP contribution is 2.25. The summed E-state index contributed by atoms with van der Waals surface area (Å²) in [5, 5.41) is 0. The largest absolute Gasteiger partial charge is 0.312 e. The van der Waals surface area contributed by atoms with Gasteiger partial charge in [0.05, 0.1) is 0 Å². The maximum Gasteiger partial charge on any atom is 0.214 e. The Balaban J connectivity index is 2.12. The van der Waals surface area contributed by atoms with Crippen LogP contribution in [0.2, 0.25) is 0 Å². The average molecular weight is 202 g/mol. The summed E-state index contributed by atoms with van der Waals surface area (Å²) in [6.45, 7) is 0. The Labute approximate surface area is 90.9 Å². The van der Waals surface area contributed by atoms with Crippen molar-refractivity contribution in [3.63, 3.8) is 0 Å². The first-order valence-electron chi connectivity index (χ1n) is 5.61. The molecule has 1 radical (unpaired) electrons. The van der Waals surface area contributed by atoms with Gasteiger partial charge in [-0.2, -0.15) is 0 Å². The minimum absolute atomic E-state index is 0.402. The van der Waals surface area contributed by atoms with Gasteiger partial charge in [0, 0.05) is 11.7 Å². The minimum atomic E-state index is 0.402. The zero-order chi connectivity index (χ0) is 10.5. The molecule has 15 heavy (non-hydrogen) atoms. The minimum Gasteiger partial charge on any atom is -0.312 e. The van der Waals surface area contributed by atoms with Gasteiger partial charge in [-0.15, -0.1) is 0 Å². The van der Waals surface area contributed by atoms with E-state index in [9.17, 15) is 4.79 Å². The topological polar surface area (TPSA) is 20.3 Å². The van der Waals surface area contributed by atoms with Crippen LogP contribution in [-0.2, 0) is 4.79 Å². The summed E-state index contributed by atoms with van der Waals surface area (Å²) in [5.74, 6) is 0. The first-order chi connectivity index (χ1) is 7.42. The lowest BCUT2D eigenvalue weighted by molar-refractivity contribution is -0.108. The standard InChI is InChI=1S/C13H16NO/c15-11-14(12-7-3-1-4-8-12)13-9-5-2-6-10-13/h5-6,9-12H,1,3-4,7-8H2. The van der Waals surface area contributed by atoms with Crippen LogP contribution in [0.25, 0.3) is 0 Å². The third kappa shape index (κ3) is 2.38. The van der Waals surface area contributed by atoms with E-state index in [2.05, 4.69) is 6.07 Å². The lowest BCUT2D eigenvalue weighted by Crippen LogP contribution is -2.35. The van der Waals surface area contributed by atoms with Crippen LogP contribution < -0.4 is 4.90 Å². The van der Waals surface area contributed by atoms with Crippen LogP contribution in [0.4, 0.5) is 5.69 Å². The van der Waals surface area contributed by atoms with E-state index >= 15 is 0 Å². The van der Waals surface area contributed by atoms with Crippen molar-refractivity contribution in [1.82, 2.24) is 0 Å². The Hall–Kier alpha value is -1.31. The first-order valence-corrected chi connectivity index (χ1v) is 5.61. The fraction of sp³-hybridized carbons (Fsp3) is 0.462. The maximum atomic E-state index is 11.1. The lowest BCUT2D eigenvalue weighted by Gasteiger charge is -2.31. The third-order valence-corrected chi connectivity index (χ3v) is 3.08. The smallest absolute Gasteiger partial charge is 0.214 e. The van der Waals surface area contributed by atoms with Crippen LogP contribution in [0.15, 0.2) is 24.3 Å². The van der Waals surface area contributed by atoms with Crippen molar-refractivity contribution >= 4 is 12.1 Å². The van der Waals surface area contributed by atoms with Gasteiger partial charge in [0.15, 0.2) is 0 Å². The Morgan fingerprint density at radius 3 is 2.47 bits per heavy atom. The molecule has 1 saturated carbocycles. The van der Waals surface area contributed by atoms with Crippen LogP contribution in [0.3, 0.4) is 0 Å². The van der Waals surface area contributed by atoms with Crippen molar-refractivity contribution in [3.8, 4) is 0 Å². The fourth-order valence-electron chi connectivity index (χ4n) is 2.27. The molecule has 1 aromatic rings. The molecule has 0 aliphatic heterocycles. The molecular weight excluding hydrogens is 186 g/mol. The molecule has 2 heteroatoms. The highest BCUT2D eigenvalue weighted by molar-refractivity contribution is 5.75. The zero-order valence-corrected chi connectivity index (χ0v) is 8.86. The van der Waals surface area contributed by atoms with Crippen LogP contribution in [0.5, 0.6) is 0 Å². The van der Waals surface area contributed by atoms with Crippen LogP contribution in [0.1, 0.15) is 32.1 Å². The molecule has 0 atom stereocenters. The van der Waals surface area contributed by atoms with Crippen molar-refractivity contribution < 1.29 is 4.79 Å². The highest BCUT2D eigenvalue weighted by atomic mass is 16.1. The van der Waals surface area contributed by atoms with Gasteiger partial charge in [-0.1, -0.05) is 31.4 Å². The van der Waals surface area contributed by atoms with E-state index in [0.717, 1.165) is 24.9 Å². The second kappa shape index (κ2) is 4.96. The van der Waals surface area contributed by atoms with Gasteiger partial charge in [0.25, 0.3) is 0 Å². The van der Waals surface area contributed by atoms with E-state index in [1.807, 2.05) is 29.2 Å². The molecule has 2 rings (SSSR count). The summed E-state index contributed by atoms with van der Waals surface area (Å²) >= 11 is 0. The Morgan fingerprint density at radius 1 is 1.20 bits per heavy atom. The summed E-state index contributed by atoms with van der Waals surface area (Å²) in [6, 6.07) is 11.0. The zero-order valence-electron chi connectivity index (χ0n) is 8.86. The summed E-state index contributed by atoms with van der Waals surface area (Å²) in [7, 11) is 0. The van der Waals surface area contributed by atoms with Gasteiger partial charge in [0.1, 0.15) is 0 Å². The van der Waals surface area contributed by atoms with E-state index in [-0.39, 0.29) is 0 Å². The molecule has 1 aromatic carbocycles. The van der Waals surface area contributed by atoms with Crippen LogP contribution >= 0.6 is 0 Å². The Kier molecular flexibility index (Phi) is 3.38. The second-order valence-corrected chi connectivity index (χ2v) is 4.06. The molecule has 0 heterocycles. The van der Waals surface area contributed by atoms with Crippen molar-refractivity contribution in [1.29, 1.82) is 0 Å². The number of carbonyl (C=O) groups is 1. The van der Waals surface area contributed by atoms with Gasteiger partial charge < -0.3 is 4.90 Å². The summed E-state index contributed by atoms with van der Waals surface area (Å²) in [5.41, 5.74) is 0.996. The molecule has 1 aliphatic rings. The van der Waals surface area contributed by atoms with Crippen LogP contribution in [0, 0.1) is 6.07 Å². The van der Waals surface area contributed by atoms with Crippen molar-refractivity contribution in [2.75, 3.05) is 4.90 Å². The van der Waals surface area contributed by atoms with E-state index < -0.39 is 0 Å². The van der Waals surface area contributed by atoms with Gasteiger partial charge in [-0.3, -0.25) is 4.79 Å². The summed E-state index contributed by atoms with van der Waals surface area (Å²) in [6.07, 6.45) is 7.04. The molecule has 1 aliphatic carbocycles. The number of rotatable bonds is 3. The molecule has 1 amide bonds. The van der Waals surface area contributed by atoms with Gasteiger partial charge in [0.2, 0.25) is 6.41 Å². The monoisotopic (exact) mass is 202 g/mol. The van der Waals surface area contributed by atoms with E-state index in [1.54, 1.807) is 0 Å². The van der Waals surface area contributed by atoms with Gasteiger partial charge in [-0.05, 0) is 31.0 Å². The van der Waals surface area contributed by atoms with Crippen LogP contribution in [-0.4, -0.2) is 12.5 Å². The molecule has 0 unspecified atom stereocenters. The number of hydrogen-bond donors (Lipinski definition) is 0. The number of anilines is 1. The third-order valence-electron chi connectivity index (χ3n) is 3.08. The number of carbonyl (C=O) groups excluding carboxylic acids is 1. The summed E-state index contributed by atoms with van der Waals surface area (Å²) in [4.78, 5) is 13.0. The number of nitrogens with zero attached hydrogens (tertiary/aromatic N) is 1. The van der Waals surface area contributed by atoms with Crippen molar-refractivity contribution in [2.45, 2.75) is 38.1 Å². The number of benzene rings is 1. The molecule has 0 saturated heterocycles. The molecule has 0 N–H and O–H groups in total. The second-order valence-electron chi connectivity index (χ2n) is 4.06. The normalized spacial score (nSPS) is 17.3. The summed E-state index contributed by atoms with van der Waals surface area (Å²) < 4.78 is 0. The van der Waals surface area contributed by atoms with Crippen molar-refractivity contribution in [3.05, 3.63) is 30.3 Å². The average Bonchev–Trinajstić information content (AvgIpc) is 2.33. The van der Waals surface area contributed by atoms with Gasteiger partial charge >= 0.3 is 0 Å². The quantitative estimate of drug-likeness (QED) is 0.690. The molecule has 79 valence electrons. The molecule has 1 fully saturated rings. The molecule has 0 aromatic heterocycles. The predicted octanol–water partition coefficient (Wildman–Crippen LogP) is 2.78. The maximum absolute atomic E-state index is 11.1. The highest BCUT2D eigenvalue weighted by Gasteiger charge is 2.20. The fourth-order valence-corrected chi connectivity index (χ4v) is 2.27. The lowest BCUT2D eigenvalue weighted by atomic mass is 9.94. The predicted molar refractivity (Wildman–Crippen MR) is 60.7 cm³/mol. The molecular formula is C13H16NO. The van der Waals surface area contributed by atoms with E-state index in [4.69, 9.17) is 0 Å².